The first-order valence-corrected chi connectivity index (χ1v) is 10.5. The number of para-hydroxylation sites is 1. The number of nitrogens with one attached hydrogen (secondary N) is 1. The van der Waals surface area contributed by atoms with Gasteiger partial charge in [-0.2, -0.15) is 0 Å². The fraction of sp³-hybridized carbons (Fsp3) is 0.600. The number of hydrogen-bond donors (Lipinski definition) is 4. The minimum absolute atomic E-state index is 0.0152. The van der Waals surface area contributed by atoms with Gasteiger partial charge in [0.2, 0.25) is 0 Å². The minimum Gasteiger partial charge on any atom is -0.423 e. The van der Waals surface area contributed by atoms with Gasteiger partial charge in [0, 0.05) is 40.5 Å². The van der Waals surface area contributed by atoms with Crippen molar-refractivity contribution in [3.05, 3.63) is 28.3 Å². The molecule has 1 aromatic carbocycles. The number of anilines is 1. The van der Waals surface area contributed by atoms with Crippen molar-refractivity contribution >= 4 is 32.8 Å². The number of benzene rings is 1. The van der Waals surface area contributed by atoms with Crippen molar-refractivity contribution in [1.29, 1.82) is 0 Å². The molecular formula is C15H27BN2O9Si. The van der Waals surface area contributed by atoms with Crippen LogP contribution in [0.1, 0.15) is 6.42 Å². The van der Waals surface area contributed by atoms with Crippen LogP contribution < -0.4 is 10.8 Å². The predicted molar refractivity (Wildman–Crippen MR) is 104 cm³/mol. The first-order chi connectivity index (χ1) is 13.3. The summed E-state index contributed by atoms with van der Waals surface area (Å²) in [5, 5.41) is 42.5. The molecule has 158 valence electrons. The Hall–Kier alpha value is -1.58. The molecule has 4 N–H and O–H groups in total. The molecule has 0 aliphatic rings. The van der Waals surface area contributed by atoms with Crippen LogP contribution in [-0.2, 0) is 18.0 Å². The van der Waals surface area contributed by atoms with Gasteiger partial charge in [-0.1, -0.05) is 12.1 Å². The number of rotatable bonds is 14. The van der Waals surface area contributed by atoms with Gasteiger partial charge in [-0.15, -0.1) is 0 Å². The van der Waals surface area contributed by atoms with Gasteiger partial charge in [0.05, 0.1) is 23.1 Å². The van der Waals surface area contributed by atoms with E-state index in [2.05, 4.69) is 5.32 Å². The monoisotopic (exact) mass is 418 g/mol. The van der Waals surface area contributed by atoms with Crippen LogP contribution in [-0.4, -0.2) is 83.2 Å². The highest BCUT2D eigenvalue weighted by Gasteiger charge is 2.36. The average Bonchev–Trinajstić information content (AvgIpc) is 2.69. The Kier molecular flexibility index (Phi) is 10.6. The molecule has 0 heterocycles. The fourth-order valence-corrected chi connectivity index (χ4v) is 4.26. The number of nitrogens with zero attached hydrogens (tertiary/aromatic N) is 1. The molecule has 0 radical (unpaired) electrons. The molecule has 0 saturated carbocycles. The maximum absolute atomic E-state index is 11.2. The lowest BCUT2D eigenvalue weighted by atomic mass is 9.78. The zero-order valence-corrected chi connectivity index (χ0v) is 17.2. The van der Waals surface area contributed by atoms with Crippen LogP contribution in [0.5, 0.6) is 0 Å². The topological polar surface area (TPSA) is 153 Å². The first kappa shape index (κ1) is 24.5. The molecule has 0 saturated heterocycles. The normalized spacial score (nSPS) is 12.6. The number of hydrogen-bond acceptors (Lipinski definition) is 10. The number of nitro benzene ring substituents is 1. The Morgan fingerprint density at radius 1 is 1.25 bits per heavy atom. The fourth-order valence-electron chi connectivity index (χ4n) is 2.57. The van der Waals surface area contributed by atoms with Crippen LogP contribution >= 0.6 is 0 Å². The van der Waals surface area contributed by atoms with Crippen LogP contribution in [0.25, 0.3) is 0 Å². The molecule has 1 aromatic rings. The Balaban J connectivity index is 2.46. The molecule has 0 spiro atoms. The second-order valence-electron chi connectivity index (χ2n) is 5.88. The molecule has 1 unspecified atom stereocenters. The molecule has 13 heteroatoms. The van der Waals surface area contributed by atoms with E-state index in [1.165, 1.54) is 39.5 Å². The third-order valence-corrected chi connectivity index (χ3v) is 6.90. The van der Waals surface area contributed by atoms with Gasteiger partial charge < -0.3 is 38.5 Å². The molecule has 28 heavy (non-hydrogen) atoms. The summed E-state index contributed by atoms with van der Waals surface area (Å²) >= 11 is 0. The van der Waals surface area contributed by atoms with E-state index in [-0.39, 0.29) is 24.3 Å². The summed E-state index contributed by atoms with van der Waals surface area (Å²) in [6.07, 6.45) is -0.305. The molecular weight excluding hydrogens is 391 g/mol. The number of aliphatic hydroxyl groups excluding tert-OH is 1. The predicted octanol–water partition coefficient (Wildman–Crippen LogP) is -0.668. The van der Waals surface area contributed by atoms with Crippen molar-refractivity contribution in [2.45, 2.75) is 18.6 Å². The van der Waals surface area contributed by atoms with Crippen LogP contribution in [0.15, 0.2) is 18.2 Å². The van der Waals surface area contributed by atoms with Crippen molar-refractivity contribution < 1.29 is 38.1 Å². The van der Waals surface area contributed by atoms with Crippen LogP contribution in [0, 0.1) is 10.1 Å². The van der Waals surface area contributed by atoms with Gasteiger partial charge in [-0.05, 0) is 12.5 Å². The van der Waals surface area contributed by atoms with Gasteiger partial charge in [0.25, 0.3) is 5.69 Å². The van der Waals surface area contributed by atoms with Crippen molar-refractivity contribution in [2.75, 3.05) is 46.4 Å². The molecule has 0 fully saturated rings. The highest BCUT2D eigenvalue weighted by atomic mass is 28.4. The standard InChI is InChI=1S/C15H27BN2O9Si/c1-24-28(25-2,26-3)9-5-8-27-11-12(19)10-17-14-7-4-6-13(16(20)21)15(14)18(22)23/h4,6-7,12,17,19-21H,5,8-11H2,1-3H3. The summed E-state index contributed by atoms with van der Waals surface area (Å²) in [6, 6.07) is 4.68. The summed E-state index contributed by atoms with van der Waals surface area (Å²) in [4.78, 5) is 10.5. The molecule has 0 amide bonds. The SMILES string of the molecule is CO[Si](CCCOCC(O)CNc1cccc(B(O)O)c1[N+](=O)[O-])(OC)OC. The number of nitro groups is 1. The first-order valence-electron chi connectivity index (χ1n) is 8.58. The Labute approximate surface area is 164 Å². The van der Waals surface area contributed by atoms with E-state index in [0.717, 1.165) is 0 Å². The summed E-state index contributed by atoms with van der Waals surface area (Å²) in [5.74, 6) is 0. The van der Waals surface area contributed by atoms with Crippen molar-refractivity contribution in [3.63, 3.8) is 0 Å². The maximum Gasteiger partial charge on any atom is 0.500 e. The van der Waals surface area contributed by atoms with Gasteiger partial charge >= 0.3 is 15.9 Å². The Morgan fingerprint density at radius 3 is 2.43 bits per heavy atom. The largest absolute Gasteiger partial charge is 0.500 e. The van der Waals surface area contributed by atoms with E-state index in [1.807, 2.05) is 0 Å². The highest BCUT2D eigenvalue weighted by Crippen LogP contribution is 2.22. The van der Waals surface area contributed by atoms with E-state index in [1.54, 1.807) is 0 Å². The van der Waals surface area contributed by atoms with Gasteiger partial charge in [0.15, 0.2) is 0 Å². The summed E-state index contributed by atoms with van der Waals surface area (Å²) in [7, 11) is -0.0381. The molecule has 0 aliphatic heterocycles. The molecule has 1 rings (SSSR count). The van der Waals surface area contributed by atoms with Crippen molar-refractivity contribution in [2.24, 2.45) is 0 Å². The van der Waals surface area contributed by atoms with Crippen LogP contribution in [0.3, 0.4) is 0 Å². The Bertz CT molecular complexity index is 611. The van der Waals surface area contributed by atoms with E-state index >= 15 is 0 Å². The van der Waals surface area contributed by atoms with Gasteiger partial charge in [-0.3, -0.25) is 10.1 Å². The molecule has 1 atom stereocenters. The smallest absolute Gasteiger partial charge is 0.423 e. The Morgan fingerprint density at radius 2 is 1.89 bits per heavy atom. The maximum atomic E-state index is 11.2. The lowest BCUT2D eigenvalue weighted by molar-refractivity contribution is -0.382. The van der Waals surface area contributed by atoms with Crippen molar-refractivity contribution in [1.82, 2.24) is 0 Å². The highest BCUT2D eigenvalue weighted by molar-refractivity contribution is 6.60. The van der Waals surface area contributed by atoms with E-state index in [0.29, 0.717) is 19.1 Å². The summed E-state index contributed by atoms with van der Waals surface area (Å²) in [6.45, 7) is 0.359. The molecule has 0 aromatic heterocycles. The average molecular weight is 418 g/mol. The van der Waals surface area contributed by atoms with E-state index < -0.39 is 32.6 Å². The minimum atomic E-state index is -2.65. The van der Waals surface area contributed by atoms with E-state index in [4.69, 9.17) is 18.0 Å². The van der Waals surface area contributed by atoms with E-state index in [9.17, 15) is 25.3 Å². The van der Waals surface area contributed by atoms with Crippen molar-refractivity contribution in [3.8, 4) is 0 Å². The third kappa shape index (κ3) is 7.11. The summed E-state index contributed by atoms with van der Waals surface area (Å²) < 4.78 is 21.3. The molecule has 0 bridgehead atoms. The van der Waals surface area contributed by atoms with Gasteiger partial charge in [0.1, 0.15) is 5.69 Å². The lowest BCUT2D eigenvalue weighted by Gasteiger charge is -2.24. The zero-order valence-electron chi connectivity index (χ0n) is 16.2. The molecule has 0 aliphatic carbocycles. The van der Waals surface area contributed by atoms with Crippen LogP contribution in [0.2, 0.25) is 6.04 Å². The number of ether oxygens (including phenoxy) is 1. The lowest BCUT2D eigenvalue weighted by Crippen LogP contribution is -2.42. The van der Waals surface area contributed by atoms with Crippen LogP contribution in [0.4, 0.5) is 11.4 Å². The summed E-state index contributed by atoms with van der Waals surface area (Å²) in [5.41, 5.74) is -0.612. The van der Waals surface area contributed by atoms with Gasteiger partial charge in [-0.25, -0.2) is 0 Å². The number of aliphatic hydroxyl groups is 1. The quantitative estimate of drug-likeness (QED) is 0.132. The second-order valence-corrected chi connectivity index (χ2v) is 8.97. The zero-order chi connectivity index (χ0) is 21.2. The third-order valence-electron chi connectivity index (χ3n) is 4.07. The second kappa shape index (κ2) is 12.1. The molecule has 11 nitrogen and oxygen atoms in total.